The van der Waals surface area contributed by atoms with Crippen molar-refractivity contribution in [1.82, 2.24) is 0 Å². The minimum Gasteiger partial charge on any atom is -0.0616 e. The van der Waals surface area contributed by atoms with Crippen molar-refractivity contribution in [2.24, 2.45) is 0 Å². The lowest BCUT2D eigenvalue weighted by Crippen LogP contribution is -1.87. The SMILES string of the molecule is Cc1ccc2c3c4c(c(C)cc5c4c(c2c1)-c1ccccc1-5)-c1ccccc1-3. The highest BCUT2D eigenvalue weighted by Crippen LogP contribution is 2.60. The summed E-state index contributed by atoms with van der Waals surface area (Å²) >= 11 is 0. The lowest BCUT2D eigenvalue weighted by molar-refractivity contribution is 1.51. The number of hydrogen-bond donors (Lipinski definition) is 0. The fourth-order valence-electron chi connectivity index (χ4n) is 5.65. The lowest BCUT2D eigenvalue weighted by atomic mass is 9.89. The van der Waals surface area contributed by atoms with Gasteiger partial charge in [0.15, 0.2) is 0 Å². The van der Waals surface area contributed by atoms with E-state index >= 15 is 0 Å². The second-order valence-electron chi connectivity index (χ2n) is 8.26. The maximum atomic E-state index is 2.42. The molecule has 0 radical (unpaired) electrons. The molecule has 0 unspecified atom stereocenters. The molecule has 0 N–H and O–H groups in total. The predicted molar refractivity (Wildman–Crippen MR) is 120 cm³/mol. The summed E-state index contributed by atoms with van der Waals surface area (Å²) in [5.41, 5.74) is 13.9. The first-order valence-electron chi connectivity index (χ1n) is 9.97. The Labute approximate surface area is 164 Å². The Morgan fingerprint density at radius 3 is 1.82 bits per heavy atom. The van der Waals surface area contributed by atoms with Gasteiger partial charge in [0.1, 0.15) is 0 Å². The molecule has 0 atom stereocenters. The summed E-state index contributed by atoms with van der Waals surface area (Å²) in [6, 6.07) is 27.3. The molecule has 0 spiro atoms. The first kappa shape index (κ1) is 14.6. The van der Waals surface area contributed by atoms with Gasteiger partial charge < -0.3 is 0 Å². The molecule has 0 saturated heterocycles. The molecule has 0 saturated carbocycles. The van der Waals surface area contributed by atoms with Crippen molar-refractivity contribution >= 4 is 21.5 Å². The zero-order valence-electron chi connectivity index (χ0n) is 15.9. The maximum absolute atomic E-state index is 2.42. The van der Waals surface area contributed by atoms with Gasteiger partial charge in [-0.25, -0.2) is 0 Å². The van der Waals surface area contributed by atoms with Gasteiger partial charge in [0.05, 0.1) is 0 Å². The van der Waals surface area contributed by atoms with E-state index in [0.717, 1.165) is 0 Å². The van der Waals surface area contributed by atoms with Crippen molar-refractivity contribution in [3.8, 4) is 44.5 Å². The first-order chi connectivity index (χ1) is 13.7. The van der Waals surface area contributed by atoms with Crippen LogP contribution in [-0.4, -0.2) is 0 Å². The molecule has 0 amide bonds. The summed E-state index contributed by atoms with van der Waals surface area (Å²) in [7, 11) is 0. The second kappa shape index (κ2) is 4.72. The molecule has 130 valence electrons. The Balaban J connectivity index is 1.87. The first-order valence-corrected chi connectivity index (χ1v) is 9.97. The number of rotatable bonds is 0. The van der Waals surface area contributed by atoms with Gasteiger partial charge >= 0.3 is 0 Å². The van der Waals surface area contributed by atoms with E-state index in [-0.39, 0.29) is 0 Å². The predicted octanol–water partition coefficient (Wildman–Crippen LogP) is 7.90. The Kier molecular flexibility index (Phi) is 2.47. The quantitative estimate of drug-likeness (QED) is 0.243. The van der Waals surface area contributed by atoms with Crippen LogP contribution in [0.5, 0.6) is 0 Å². The van der Waals surface area contributed by atoms with Crippen LogP contribution in [0.3, 0.4) is 0 Å². The standard InChI is InChI=1S/C28H18/c1-15-11-12-21-22(13-15)26-18-8-4-3-7-17(18)23-14-16(2)24-19-9-5-6-10-20(19)25(21)28(24)27(23)26/h3-14H,1-2H3. The summed E-state index contributed by atoms with van der Waals surface area (Å²) in [5, 5.41) is 5.68. The molecule has 0 bridgehead atoms. The van der Waals surface area contributed by atoms with E-state index in [1.807, 2.05) is 0 Å². The monoisotopic (exact) mass is 354 g/mol. The van der Waals surface area contributed by atoms with Crippen LogP contribution in [0.15, 0.2) is 72.8 Å². The highest BCUT2D eigenvalue weighted by Gasteiger charge is 2.32. The number of aryl methyl sites for hydroxylation is 2. The van der Waals surface area contributed by atoms with Crippen LogP contribution in [0.4, 0.5) is 0 Å². The summed E-state index contributed by atoms with van der Waals surface area (Å²) < 4.78 is 0. The molecule has 0 heterocycles. The van der Waals surface area contributed by atoms with Gasteiger partial charge in [-0.2, -0.15) is 0 Å². The molecule has 2 aliphatic rings. The average molecular weight is 354 g/mol. The van der Waals surface area contributed by atoms with Crippen LogP contribution in [-0.2, 0) is 0 Å². The smallest absolute Gasteiger partial charge is 0.000474 e. The lowest BCUT2D eigenvalue weighted by Gasteiger charge is -2.14. The van der Waals surface area contributed by atoms with Gasteiger partial charge in [-0.3, -0.25) is 0 Å². The third-order valence-electron chi connectivity index (χ3n) is 6.69. The van der Waals surface area contributed by atoms with Gasteiger partial charge in [-0.15, -0.1) is 0 Å². The molecule has 0 nitrogen and oxygen atoms in total. The van der Waals surface area contributed by atoms with Gasteiger partial charge in [0.25, 0.3) is 0 Å². The van der Waals surface area contributed by atoms with Crippen molar-refractivity contribution in [3.63, 3.8) is 0 Å². The van der Waals surface area contributed by atoms with E-state index < -0.39 is 0 Å². The molecule has 0 fully saturated rings. The minimum absolute atomic E-state index is 1.32. The van der Waals surface area contributed by atoms with E-state index in [1.165, 1.54) is 77.2 Å². The van der Waals surface area contributed by atoms with E-state index in [4.69, 9.17) is 0 Å². The molecule has 0 heteroatoms. The molecular weight excluding hydrogens is 336 g/mol. The zero-order chi connectivity index (χ0) is 18.6. The second-order valence-corrected chi connectivity index (χ2v) is 8.26. The van der Waals surface area contributed by atoms with Crippen LogP contribution in [0, 0.1) is 13.8 Å². The zero-order valence-corrected chi connectivity index (χ0v) is 15.9. The fraction of sp³-hybridized carbons (Fsp3) is 0.0714. The van der Waals surface area contributed by atoms with Crippen LogP contribution in [0.2, 0.25) is 0 Å². The van der Waals surface area contributed by atoms with Gasteiger partial charge in [-0.05, 0) is 85.5 Å². The largest absolute Gasteiger partial charge is 0.0616 e. The summed E-state index contributed by atoms with van der Waals surface area (Å²) in [6.45, 7) is 4.48. The summed E-state index contributed by atoms with van der Waals surface area (Å²) in [5.74, 6) is 0. The fourth-order valence-corrected chi connectivity index (χ4v) is 5.65. The Morgan fingerprint density at radius 1 is 0.464 bits per heavy atom. The van der Waals surface area contributed by atoms with Crippen molar-refractivity contribution in [1.29, 1.82) is 0 Å². The molecule has 28 heavy (non-hydrogen) atoms. The van der Waals surface area contributed by atoms with E-state index in [2.05, 4.69) is 86.6 Å². The third-order valence-corrected chi connectivity index (χ3v) is 6.69. The Hall–Kier alpha value is -3.38. The van der Waals surface area contributed by atoms with Crippen molar-refractivity contribution < 1.29 is 0 Å². The number of fused-ring (bicyclic) bond motifs is 9. The average Bonchev–Trinajstić information content (AvgIpc) is 3.22. The molecule has 2 aliphatic carbocycles. The van der Waals surface area contributed by atoms with Gasteiger partial charge in [0.2, 0.25) is 0 Å². The van der Waals surface area contributed by atoms with Crippen LogP contribution >= 0.6 is 0 Å². The van der Waals surface area contributed by atoms with Crippen LogP contribution < -0.4 is 0 Å². The van der Waals surface area contributed by atoms with Gasteiger partial charge in [0, 0.05) is 0 Å². The Bertz CT molecular complexity index is 1520. The topological polar surface area (TPSA) is 0 Å². The highest BCUT2D eigenvalue weighted by molar-refractivity contribution is 6.35. The summed E-state index contributed by atoms with van der Waals surface area (Å²) in [4.78, 5) is 0. The minimum atomic E-state index is 1.32. The molecule has 0 aromatic heterocycles. The van der Waals surface area contributed by atoms with E-state index in [1.54, 1.807) is 0 Å². The van der Waals surface area contributed by atoms with Crippen molar-refractivity contribution in [2.45, 2.75) is 13.8 Å². The third kappa shape index (κ3) is 1.51. The van der Waals surface area contributed by atoms with Crippen LogP contribution in [0.25, 0.3) is 66.1 Å². The molecule has 7 rings (SSSR count). The van der Waals surface area contributed by atoms with E-state index in [0.29, 0.717) is 0 Å². The number of hydrogen-bond acceptors (Lipinski definition) is 0. The number of benzene rings is 5. The summed E-state index contributed by atoms with van der Waals surface area (Å²) in [6.07, 6.45) is 0. The van der Waals surface area contributed by atoms with Gasteiger partial charge in [-0.1, -0.05) is 78.4 Å². The van der Waals surface area contributed by atoms with Crippen molar-refractivity contribution in [2.75, 3.05) is 0 Å². The highest BCUT2D eigenvalue weighted by atomic mass is 14.3. The molecule has 5 aromatic carbocycles. The maximum Gasteiger partial charge on any atom is -0.000474 e. The van der Waals surface area contributed by atoms with Crippen LogP contribution in [0.1, 0.15) is 11.1 Å². The molecular formula is C28H18. The molecule has 5 aromatic rings. The van der Waals surface area contributed by atoms with Crippen molar-refractivity contribution in [3.05, 3.63) is 83.9 Å². The Morgan fingerprint density at radius 2 is 1.07 bits per heavy atom. The van der Waals surface area contributed by atoms with E-state index in [9.17, 15) is 0 Å². The normalized spacial score (nSPS) is 12.6. The molecule has 0 aliphatic heterocycles.